The SMILES string of the molecule is Cl.NCCc1ccc(C(=O)N2CCC(Cc3ccc(Cl)cc3)C2)cc1. The summed E-state index contributed by atoms with van der Waals surface area (Å²) in [5.74, 6) is 0.652. The van der Waals surface area contributed by atoms with Gasteiger partial charge in [-0.15, -0.1) is 12.4 Å². The Morgan fingerprint density at radius 1 is 1.08 bits per heavy atom. The fourth-order valence-electron chi connectivity index (χ4n) is 3.30. The lowest BCUT2D eigenvalue weighted by Gasteiger charge is -2.17. The number of nitrogens with two attached hydrogens (primary N) is 1. The lowest BCUT2D eigenvalue weighted by Crippen LogP contribution is -2.28. The van der Waals surface area contributed by atoms with Gasteiger partial charge in [0.05, 0.1) is 0 Å². The molecular weight excluding hydrogens is 355 g/mol. The van der Waals surface area contributed by atoms with Gasteiger partial charge in [-0.05, 0) is 67.1 Å². The molecule has 1 aliphatic heterocycles. The fraction of sp³-hybridized carbons (Fsp3) is 0.350. The average Bonchev–Trinajstić information content (AvgIpc) is 3.06. The Hall–Kier alpha value is -1.55. The molecule has 3 rings (SSSR count). The normalized spacial score (nSPS) is 16.6. The van der Waals surface area contributed by atoms with Crippen molar-refractivity contribution in [2.24, 2.45) is 11.7 Å². The topological polar surface area (TPSA) is 46.3 Å². The van der Waals surface area contributed by atoms with Crippen LogP contribution >= 0.6 is 24.0 Å². The first kappa shape index (κ1) is 19.8. The van der Waals surface area contributed by atoms with Crippen LogP contribution in [0.1, 0.15) is 27.9 Å². The Labute approximate surface area is 160 Å². The molecular formula is C20H24Cl2N2O. The zero-order valence-electron chi connectivity index (χ0n) is 14.2. The maximum Gasteiger partial charge on any atom is 0.253 e. The minimum atomic E-state index is 0. The molecule has 2 N–H and O–H groups in total. The van der Waals surface area contributed by atoms with Crippen LogP contribution in [0.25, 0.3) is 0 Å². The smallest absolute Gasteiger partial charge is 0.253 e. The number of likely N-dealkylation sites (tertiary alicyclic amines) is 1. The third-order valence-electron chi connectivity index (χ3n) is 4.64. The van der Waals surface area contributed by atoms with E-state index in [4.69, 9.17) is 17.3 Å². The Kier molecular flexibility index (Phi) is 7.30. The maximum absolute atomic E-state index is 12.6. The van der Waals surface area contributed by atoms with Crippen molar-refractivity contribution >= 4 is 29.9 Å². The number of carbonyl (C=O) groups excluding carboxylic acids is 1. The van der Waals surface area contributed by atoms with Crippen molar-refractivity contribution in [1.82, 2.24) is 4.90 Å². The Bertz CT molecular complexity index is 686. The van der Waals surface area contributed by atoms with E-state index in [1.54, 1.807) is 0 Å². The average molecular weight is 379 g/mol. The summed E-state index contributed by atoms with van der Waals surface area (Å²) in [6.45, 7) is 2.29. The number of halogens is 2. The number of hydrogen-bond acceptors (Lipinski definition) is 2. The first-order chi connectivity index (χ1) is 11.7. The summed E-state index contributed by atoms with van der Waals surface area (Å²) < 4.78 is 0. The van der Waals surface area contributed by atoms with E-state index in [1.165, 1.54) is 11.1 Å². The van der Waals surface area contributed by atoms with Crippen molar-refractivity contribution < 1.29 is 4.79 Å². The number of amides is 1. The molecule has 0 radical (unpaired) electrons. The van der Waals surface area contributed by atoms with E-state index in [1.807, 2.05) is 41.3 Å². The minimum Gasteiger partial charge on any atom is -0.338 e. The van der Waals surface area contributed by atoms with Crippen LogP contribution in [-0.4, -0.2) is 30.4 Å². The van der Waals surface area contributed by atoms with E-state index in [-0.39, 0.29) is 18.3 Å². The van der Waals surface area contributed by atoms with Gasteiger partial charge in [0.25, 0.3) is 5.91 Å². The summed E-state index contributed by atoms with van der Waals surface area (Å²) in [5, 5.41) is 0.764. The van der Waals surface area contributed by atoms with Gasteiger partial charge in [0.2, 0.25) is 0 Å². The third kappa shape index (κ3) is 5.21. The summed E-state index contributed by atoms with van der Waals surface area (Å²) in [7, 11) is 0. The molecule has 0 bridgehead atoms. The van der Waals surface area contributed by atoms with Crippen LogP contribution in [0.15, 0.2) is 48.5 Å². The quantitative estimate of drug-likeness (QED) is 0.855. The second-order valence-corrected chi connectivity index (χ2v) is 6.91. The lowest BCUT2D eigenvalue weighted by atomic mass is 9.99. The highest BCUT2D eigenvalue weighted by atomic mass is 35.5. The number of nitrogens with zero attached hydrogens (tertiary/aromatic N) is 1. The van der Waals surface area contributed by atoms with Gasteiger partial charge in [-0.1, -0.05) is 35.9 Å². The number of carbonyl (C=O) groups is 1. The van der Waals surface area contributed by atoms with Crippen LogP contribution in [0.2, 0.25) is 5.02 Å². The first-order valence-electron chi connectivity index (χ1n) is 8.48. The van der Waals surface area contributed by atoms with Crippen LogP contribution in [-0.2, 0) is 12.8 Å². The van der Waals surface area contributed by atoms with E-state index in [2.05, 4.69) is 12.1 Å². The molecule has 5 heteroatoms. The highest BCUT2D eigenvalue weighted by molar-refractivity contribution is 6.30. The van der Waals surface area contributed by atoms with E-state index < -0.39 is 0 Å². The largest absolute Gasteiger partial charge is 0.338 e. The lowest BCUT2D eigenvalue weighted by molar-refractivity contribution is 0.0787. The molecule has 1 atom stereocenters. The van der Waals surface area contributed by atoms with Crippen molar-refractivity contribution in [2.75, 3.05) is 19.6 Å². The molecule has 25 heavy (non-hydrogen) atoms. The van der Waals surface area contributed by atoms with Crippen LogP contribution in [0.5, 0.6) is 0 Å². The highest BCUT2D eigenvalue weighted by Crippen LogP contribution is 2.23. The van der Waals surface area contributed by atoms with Crippen molar-refractivity contribution in [3.05, 3.63) is 70.2 Å². The molecule has 1 aliphatic rings. The number of benzene rings is 2. The second kappa shape index (κ2) is 9.23. The molecule has 1 unspecified atom stereocenters. The fourth-order valence-corrected chi connectivity index (χ4v) is 3.43. The molecule has 1 heterocycles. The van der Waals surface area contributed by atoms with Gasteiger partial charge in [-0.25, -0.2) is 0 Å². The van der Waals surface area contributed by atoms with Crippen LogP contribution in [0, 0.1) is 5.92 Å². The van der Waals surface area contributed by atoms with Crippen molar-refractivity contribution in [3.8, 4) is 0 Å². The first-order valence-corrected chi connectivity index (χ1v) is 8.86. The standard InChI is InChI=1S/C20H23ClN2O.ClH/c21-19-7-3-16(4-8-19)13-17-10-12-23(14-17)20(24)18-5-1-15(2-6-18)9-11-22;/h1-8,17H,9-14,22H2;1H. The van der Waals surface area contributed by atoms with Gasteiger partial charge in [0.1, 0.15) is 0 Å². The van der Waals surface area contributed by atoms with Crippen LogP contribution < -0.4 is 5.73 Å². The van der Waals surface area contributed by atoms with Crippen molar-refractivity contribution in [2.45, 2.75) is 19.3 Å². The molecule has 0 aliphatic carbocycles. The molecule has 2 aromatic rings. The molecule has 1 amide bonds. The van der Waals surface area contributed by atoms with Crippen molar-refractivity contribution in [1.29, 1.82) is 0 Å². The Morgan fingerprint density at radius 3 is 2.36 bits per heavy atom. The molecule has 1 saturated heterocycles. The summed E-state index contributed by atoms with van der Waals surface area (Å²) in [5.41, 5.74) is 8.79. The minimum absolute atomic E-state index is 0. The zero-order valence-corrected chi connectivity index (χ0v) is 15.7. The van der Waals surface area contributed by atoms with Crippen LogP contribution in [0.4, 0.5) is 0 Å². The predicted molar refractivity (Wildman–Crippen MR) is 106 cm³/mol. The zero-order chi connectivity index (χ0) is 16.9. The summed E-state index contributed by atoms with van der Waals surface area (Å²) in [4.78, 5) is 14.6. The molecule has 2 aromatic carbocycles. The van der Waals surface area contributed by atoms with Gasteiger partial charge in [0, 0.05) is 23.7 Å². The summed E-state index contributed by atoms with van der Waals surface area (Å²) in [6.07, 6.45) is 2.90. The molecule has 134 valence electrons. The van der Waals surface area contributed by atoms with Crippen molar-refractivity contribution in [3.63, 3.8) is 0 Å². The van der Waals surface area contributed by atoms with Gasteiger partial charge in [-0.3, -0.25) is 4.79 Å². The van der Waals surface area contributed by atoms with E-state index >= 15 is 0 Å². The summed E-state index contributed by atoms with van der Waals surface area (Å²) >= 11 is 5.93. The van der Waals surface area contributed by atoms with Gasteiger partial charge in [-0.2, -0.15) is 0 Å². The van der Waals surface area contributed by atoms with Gasteiger partial charge in [0.15, 0.2) is 0 Å². The van der Waals surface area contributed by atoms with Gasteiger partial charge >= 0.3 is 0 Å². The Morgan fingerprint density at radius 2 is 1.72 bits per heavy atom. The monoisotopic (exact) mass is 378 g/mol. The number of hydrogen-bond donors (Lipinski definition) is 1. The summed E-state index contributed by atoms with van der Waals surface area (Å²) in [6, 6.07) is 15.8. The molecule has 0 aromatic heterocycles. The maximum atomic E-state index is 12.6. The van der Waals surface area contributed by atoms with Crippen LogP contribution in [0.3, 0.4) is 0 Å². The van der Waals surface area contributed by atoms with E-state index in [9.17, 15) is 4.79 Å². The third-order valence-corrected chi connectivity index (χ3v) is 4.90. The molecule has 0 spiro atoms. The molecule has 3 nitrogen and oxygen atoms in total. The molecule has 1 fully saturated rings. The Balaban J connectivity index is 0.00000225. The van der Waals surface area contributed by atoms with E-state index in [0.29, 0.717) is 12.5 Å². The number of rotatable bonds is 5. The molecule has 0 saturated carbocycles. The van der Waals surface area contributed by atoms with E-state index in [0.717, 1.165) is 42.9 Å². The highest BCUT2D eigenvalue weighted by Gasteiger charge is 2.26. The predicted octanol–water partition coefficient (Wildman–Crippen LogP) is 3.97. The second-order valence-electron chi connectivity index (χ2n) is 6.47. The van der Waals surface area contributed by atoms with Gasteiger partial charge < -0.3 is 10.6 Å².